The van der Waals surface area contributed by atoms with Crippen molar-refractivity contribution in [2.24, 2.45) is 23.2 Å². The van der Waals surface area contributed by atoms with E-state index in [9.17, 15) is 4.79 Å². The van der Waals surface area contributed by atoms with E-state index in [2.05, 4.69) is 41.1 Å². The number of pyridine rings is 1. The number of hydrogen-bond acceptors (Lipinski definition) is 2. The van der Waals surface area contributed by atoms with Gasteiger partial charge in [-0.05, 0) is 112 Å². The lowest BCUT2D eigenvalue weighted by atomic mass is 9.49. The van der Waals surface area contributed by atoms with Crippen LogP contribution in [-0.4, -0.2) is 28.9 Å². The summed E-state index contributed by atoms with van der Waals surface area (Å²) in [5.74, 6) is 3.33. The highest BCUT2D eigenvalue weighted by atomic mass is 16.2. The molecule has 3 nitrogen and oxygen atoms in total. The van der Waals surface area contributed by atoms with Crippen molar-refractivity contribution in [3.05, 3.63) is 42.2 Å². The largest absolute Gasteiger partial charge is 0.339 e. The lowest BCUT2D eigenvalue weighted by Crippen LogP contribution is -2.47. The van der Waals surface area contributed by atoms with Crippen LogP contribution in [0.1, 0.15) is 76.7 Å². The van der Waals surface area contributed by atoms with Crippen LogP contribution in [-0.2, 0) is 11.2 Å². The Morgan fingerprint density at radius 1 is 1.10 bits per heavy atom. The zero-order valence-electron chi connectivity index (χ0n) is 18.2. The number of rotatable bonds is 10. The Morgan fingerprint density at radius 2 is 1.76 bits per heavy atom. The van der Waals surface area contributed by atoms with Crippen LogP contribution < -0.4 is 0 Å². The quantitative estimate of drug-likeness (QED) is 0.371. The minimum Gasteiger partial charge on any atom is -0.339 e. The van der Waals surface area contributed by atoms with Crippen LogP contribution in [0.5, 0.6) is 0 Å². The smallest absolute Gasteiger partial charge is 0.222 e. The number of aromatic nitrogens is 1. The summed E-state index contributed by atoms with van der Waals surface area (Å²) in [5.41, 5.74) is 1.88. The minimum atomic E-state index is 0.350. The Labute approximate surface area is 177 Å². The highest BCUT2D eigenvalue weighted by molar-refractivity contribution is 5.76. The Morgan fingerprint density at radius 3 is 2.38 bits per heavy atom. The summed E-state index contributed by atoms with van der Waals surface area (Å²) in [7, 11) is 0. The van der Waals surface area contributed by atoms with Crippen LogP contribution in [0.25, 0.3) is 0 Å². The van der Waals surface area contributed by atoms with Crippen LogP contribution in [0.2, 0.25) is 0 Å². The van der Waals surface area contributed by atoms with Gasteiger partial charge in [0.25, 0.3) is 0 Å². The summed E-state index contributed by atoms with van der Waals surface area (Å²) >= 11 is 0. The number of carbonyl (C=O) groups is 1. The molecule has 1 aromatic rings. The molecule has 158 valence electrons. The Hall–Kier alpha value is -1.64. The van der Waals surface area contributed by atoms with Gasteiger partial charge in [0.1, 0.15) is 0 Å². The van der Waals surface area contributed by atoms with E-state index >= 15 is 0 Å². The highest BCUT2D eigenvalue weighted by Crippen LogP contribution is 2.61. The van der Waals surface area contributed by atoms with Gasteiger partial charge < -0.3 is 4.90 Å². The second-order valence-corrected chi connectivity index (χ2v) is 10.1. The number of allylic oxidation sites excluding steroid dienone is 1. The maximum atomic E-state index is 13.0. The fourth-order valence-electron chi connectivity index (χ4n) is 6.83. The predicted molar refractivity (Wildman–Crippen MR) is 118 cm³/mol. The van der Waals surface area contributed by atoms with Crippen molar-refractivity contribution in [2.45, 2.75) is 77.6 Å². The van der Waals surface area contributed by atoms with Gasteiger partial charge in [0.2, 0.25) is 5.91 Å². The summed E-state index contributed by atoms with van der Waals surface area (Å²) in [6.07, 6.45) is 21.7. The van der Waals surface area contributed by atoms with Gasteiger partial charge in [-0.1, -0.05) is 12.2 Å². The van der Waals surface area contributed by atoms with Gasteiger partial charge in [-0.15, -0.1) is 0 Å². The number of hydrogen-bond donors (Lipinski definition) is 0. The number of carbonyl (C=O) groups excluding carboxylic acids is 1. The molecule has 0 unspecified atom stereocenters. The minimum absolute atomic E-state index is 0.350. The summed E-state index contributed by atoms with van der Waals surface area (Å²) in [5, 5.41) is 0. The van der Waals surface area contributed by atoms with Crippen LogP contribution >= 0.6 is 0 Å². The first-order chi connectivity index (χ1) is 14.2. The average molecular weight is 395 g/mol. The van der Waals surface area contributed by atoms with Gasteiger partial charge in [-0.25, -0.2) is 0 Å². The number of unbranched alkanes of at least 4 members (excludes halogenated alkanes) is 1. The van der Waals surface area contributed by atoms with Crippen LogP contribution in [0.3, 0.4) is 0 Å². The molecule has 4 bridgehead atoms. The number of nitrogens with zero attached hydrogens (tertiary/aromatic N) is 2. The first kappa shape index (κ1) is 20.6. The zero-order chi connectivity index (χ0) is 20.1. The van der Waals surface area contributed by atoms with E-state index < -0.39 is 0 Å². The summed E-state index contributed by atoms with van der Waals surface area (Å²) < 4.78 is 0. The molecule has 1 amide bonds. The first-order valence-corrected chi connectivity index (χ1v) is 11.9. The van der Waals surface area contributed by atoms with E-state index in [0.717, 1.165) is 50.1 Å². The number of aryl methyl sites for hydroxylation is 1. The predicted octanol–water partition coefficient (Wildman–Crippen LogP) is 5.81. The third kappa shape index (κ3) is 5.29. The summed E-state index contributed by atoms with van der Waals surface area (Å²) in [4.78, 5) is 19.2. The van der Waals surface area contributed by atoms with Gasteiger partial charge >= 0.3 is 0 Å². The molecular weight excluding hydrogens is 356 g/mol. The molecule has 1 heterocycles. The van der Waals surface area contributed by atoms with E-state index in [1.807, 2.05) is 12.4 Å². The SMILES string of the molecule is C/C=C/CN(CCC12CC3CC(CC(C3)C1)C2)C(=O)CCCCc1ccncc1. The van der Waals surface area contributed by atoms with Crippen molar-refractivity contribution in [1.29, 1.82) is 0 Å². The molecule has 0 spiro atoms. The Bertz CT molecular complexity index is 661. The lowest BCUT2D eigenvalue weighted by molar-refractivity contribution is -0.132. The lowest BCUT2D eigenvalue weighted by Gasteiger charge is -2.57. The van der Waals surface area contributed by atoms with E-state index in [4.69, 9.17) is 0 Å². The Balaban J connectivity index is 1.26. The van der Waals surface area contributed by atoms with Gasteiger partial charge in [-0.2, -0.15) is 0 Å². The fourth-order valence-corrected chi connectivity index (χ4v) is 6.83. The van der Waals surface area contributed by atoms with Gasteiger partial charge in [-0.3, -0.25) is 9.78 Å². The summed E-state index contributed by atoms with van der Waals surface area (Å²) in [6, 6.07) is 4.15. The topological polar surface area (TPSA) is 33.2 Å². The molecule has 4 aliphatic carbocycles. The normalized spacial score (nSPS) is 30.2. The maximum Gasteiger partial charge on any atom is 0.222 e. The molecular formula is C26H38N2O. The van der Waals surface area contributed by atoms with Crippen molar-refractivity contribution >= 4 is 5.91 Å². The number of amides is 1. The van der Waals surface area contributed by atoms with E-state index in [0.29, 0.717) is 17.7 Å². The standard InChI is InChI=1S/C26H38N2O/c1-2-3-13-28(25(29)7-5-4-6-21-8-11-27-12-9-21)14-10-26-18-22-15-23(19-26)17-24(16-22)20-26/h2-3,8-9,11-12,22-24H,4-7,10,13-20H2,1H3/b3-2+. The molecule has 0 atom stereocenters. The molecule has 4 saturated carbocycles. The van der Waals surface area contributed by atoms with Crippen molar-refractivity contribution in [1.82, 2.24) is 9.88 Å². The van der Waals surface area contributed by atoms with E-state index in [1.165, 1.54) is 50.5 Å². The monoisotopic (exact) mass is 394 g/mol. The molecule has 0 aliphatic heterocycles. The summed E-state index contributed by atoms with van der Waals surface area (Å²) in [6.45, 7) is 3.79. The van der Waals surface area contributed by atoms with Gasteiger partial charge in [0, 0.05) is 31.9 Å². The third-order valence-corrected chi connectivity index (χ3v) is 7.85. The van der Waals surface area contributed by atoms with Crippen LogP contribution in [0, 0.1) is 23.2 Å². The van der Waals surface area contributed by atoms with Crippen molar-refractivity contribution in [3.63, 3.8) is 0 Å². The van der Waals surface area contributed by atoms with Crippen molar-refractivity contribution in [3.8, 4) is 0 Å². The molecule has 4 aliphatic rings. The fraction of sp³-hybridized carbons (Fsp3) is 0.692. The zero-order valence-corrected chi connectivity index (χ0v) is 18.2. The molecule has 29 heavy (non-hydrogen) atoms. The molecule has 4 fully saturated rings. The Kier molecular flexibility index (Phi) is 6.72. The van der Waals surface area contributed by atoms with E-state index in [1.54, 1.807) is 0 Å². The molecule has 0 saturated heterocycles. The highest BCUT2D eigenvalue weighted by Gasteiger charge is 2.50. The molecule has 3 heteroatoms. The van der Waals surface area contributed by atoms with Crippen molar-refractivity contribution in [2.75, 3.05) is 13.1 Å². The van der Waals surface area contributed by atoms with Gasteiger partial charge in [0.15, 0.2) is 0 Å². The molecule has 1 aromatic heterocycles. The maximum absolute atomic E-state index is 13.0. The molecule has 0 radical (unpaired) electrons. The molecule has 0 aromatic carbocycles. The third-order valence-electron chi connectivity index (χ3n) is 7.85. The second-order valence-electron chi connectivity index (χ2n) is 10.1. The van der Waals surface area contributed by atoms with Crippen molar-refractivity contribution < 1.29 is 4.79 Å². The van der Waals surface area contributed by atoms with E-state index in [-0.39, 0.29) is 0 Å². The van der Waals surface area contributed by atoms with Crippen LogP contribution in [0.4, 0.5) is 0 Å². The first-order valence-electron chi connectivity index (χ1n) is 11.9. The molecule has 0 N–H and O–H groups in total. The molecule has 5 rings (SSSR count). The average Bonchev–Trinajstić information content (AvgIpc) is 2.71. The van der Waals surface area contributed by atoms with Gasteiger partial charge in [0.05, 0.1) is 0 Å². The second kappa shape index (κ2) is 9.45. The van der Waals surface area contributed by atoms with Crippen LogP contribution in [0.15, 0.2) is 36.7 Å².